The number of carbonyl (C=O) groups excluding carboxylic acids is 1. The van der Waals surface area contributed by atoms with E-state index >= 15 is 0 Å². The monoisotopic (exact) mass is 346 g/mol. The maximum absolute atomic E-state index is 12.2. The summed E-state index contributed by atoms with van der Waals surface area (Å²) >= 11 is 0. The van der Waals surface area contributed by atoms with Gasteiger partial charge in [-0.25, -0.2) is 9.59 Å². The molecule has 0 spiro atoms. The van der Waals surface area contributed by atoms with Crippen molar-refractivity contribution in [1.29, 1.82) is 0 Å². The molecule has 0 aliphatic heterocycles. The third kappa shape index (κ3) is 2.92. The molecule has 3 rings (SSSR count). The summed E-state index contributed by atoms with van der Waals surface area (Å²) in [5.41, 5.74) is 0.810. The van der Waals surface area contributed by atoms with Crippen LogP contribution in [0.3, 0.4) is 0 Å². The first-order valence-corrected chi connectivity index (χ1v) is 8.09. The number of hydrogen-bond acceptors (Lipinski definition) is 5. The van der Waals surface area contributed by atoms with Crippen molar-refractivity contribution in [2.75, 3.05) is 0 Å². The second kappa shape index (κ2) is 5.59. The molecular formula is C16H10O7S. The van der Waals surface area contributed by atoms with Crippen LogP contribution in [0.15, 0.2) is 70.4 Å². The predicted molar refractivity (Wildman–Crippen MR) is 82.0 cm³/mol. The van der Waals surface area contributed by atoms with Crippen LogP contribution in [0.5, 0.6) is 0 Å². The molecule has 2 aliphatic carbocycles. The smallest absolute Gasteiger partial charge is 0.343 e. The summed E-state index contributed by atoms with van der Waals surface area (Å²) in [6.45, 7) is 0. The van der Waals surface area contributed by atoms with Gasteiger partial charge in [0.15, 0.2) is 0 Å². The molecular weight excluding hydrogens is 336 g/mol. The maximum atomic E-state index is 12.2. The lowest BCUT2D eigenvalue weighted by Crippen LogP contribution is -2.10. The van der Waals surface area contributed by atoms with E-state index in [4.69, 9.17) is 14.4 Å². The largest absolute Gasteiger partial charge is 0.478 e. The molecule has 0 amide bonds. The van der Waals surface area contributed by atoms with E-state index in [2.05, 4.69) is 0 Å². The molecule has 0 saturated heterocycles. The Morgan fingerprint density at radius 2 is 1.71 bits per heavy atom. The first kappa shape index (κ1) is 15.9. The minimum absolute atomic E-state index is 0.272. The summed E-state index contributed by atoms with van der Waals surface area (Å²) in [6.07, 6.45) is 8.68. The molecule has 0 unspecified atom stereocenters. The van der Waals surface area contributed by atoms with Crippen molar-refractivity contribution in [3.05, 3.63) is 76.6 Å². The molecule has 24 heavy (non-hydrogen) atoms. The number of hydrogen-bond donors (Lipinski definition) is 2. The van der Waals surface area contributed by atoms with Gasteiger partial charge in [-0.1, -0.05) is 24.3 Å². The van der Waals surface area contributed by atoms with Gasteiger partial charge in [0.2, 0.25) is 0 Å². The summed E-state index contributed by atoms with van der Waals surface area (Å²) in [4.78, 5) is 22.6. The number of benzene rings is 1. The van der Waals surface area contributed by atoms with Gasteiger partial charge in [-0.15, -0.1) is 0 Å². The third-order valence-corrected chi connectivity index (χ3v) is 4.25. The summed E-state index contributed by atoms with van der Waals surface area (Å²) in [6, 6.07) is 2.59. The van der Waals surface area contributed by atoms with E-state index < -0.39 is 32.5 Å². The number of esters is 1. The van der Waals surface area contributed by atoms with Crippen LogP contribution in [0.25, 0.3) is 0 Å². The van der Waals surface area contributed by atoms with Crippen molar-refractivity contribution in [3.8, 4) is 0 Å². The summed E-state index contributed by atoms with van der Waals surface area (Å²) in [7, 11) is -4.67. The number of aromatic carboxylic acids is 1. The number of carboxylic acid groups (broad SMARTS) is 1. The van der Waals surface area contributed by atoms with Gasteiger partial charge >= 0.3 is 11.9 Å². The molecule has 0 fully saturated rings. The zero-order chi connectivity index (χ0) is 17.5. The van der Waals surface area contributed by atoms with Crippen molar-refractivity contribution in [2.45, 2.75) is 4.90 Å². The Morgan fingerprint density at radius 1 is 1.00 bits per heavy atom. The Bertz CT molecular complexity index is 991. The summed E-state index contributed by atoms with van der Waals surface area (Å²) in [5, 5.41) is 9.02. The van der Waals surface area contributed by atoms with Crippen LogP contribution >= 0.6 is 0 Å². The molecule has 0 aromatic heterocycles. The number of carboxylic acids is 1. The standard InChI is InChI=1S/C16H10O7S/c17-15(18)10-6-11(8-12(7-10)24(20,21)22)16(19)23-14-5-4-9-2-1-3-13(9)14/h1-8H,(H,17,18)(H,20,21,22). The Balaban J connectivity index is 1.93. The number of allylic oxidation sites excluding steroid dienone is 6. The average Bonchev–Trinajstić information content (AvgIpc) is 3.11. The van der Waals surface area contributed by atoms with E-state index in [-0.39, 0.29) is 11.3 Å². The Kier molecular flexibility index (Phi) is 3.70. The van der Waals surface area contributed by atoms with Gasteiger partial charge in [-0.05, 0) is 29.8 Å². The lowest BCUT2D eigenvalue weighted by molar-refractivity contribution is 0.0634. The van der Waals surface area contributed by atoms with Crippen LogP contribution in [0.4, 0.5) is 0 Å². The molecule has 1 aromatic carbocycles. The normalized spacial score (nSPS) is 15.5. The predicted octanol–water partition coefficient (Wildman–Crippen LogP) is 2.11. The van der Waals surface area contributed by atoms with Gasteiger partial charge in [-0.2, -0.15) is 8.42 Å². The highest BCUT2D eigenvalue weighted by atomic mass is 32.2. The summed E-state index contributed by atoms with van der Waals surface area (Å²) < 4.78 is 36.8. The van der Waals surface area contributed by atoms with E-state index in [1.54, 1.807) is 24.3 Å². The molecule has 122 valence electrons. The molecule has 0 atom stereocenters. The molecule has 0 saturated carbocycles. The first-order valence-electron chi connectivity index (χ1n) is 6.65. The van der Waals surface area contributed by atoms with E-state index in [0.717, 1.165) is 23.8 Å². The Labute approximate surface area is 136 Å². The van der Waals surface area contributed by atoms with E-state index in [0.29, 0.717) is 5.57 Å². The number of rotatable bonds is 4. The number of fused-ring (bicyclic) bond motifs is 1. The molecule has 0 bridgehead atoms. The van der Waals surface area contributed by atoms with Crippen molar-refractivity contribution in [3.63, 3.8) is 0 Å². The highest BCUT2D eigenvalue weighted by molar-refractivity contribution is 7.85. The third-order valence-electron chi connectivity index (χ3n) is 3.42. The zero-order valence-corrected chi connectivity index (χ0v) is 12.8. The van der Waals surface area contributed by atoms with Crippen LogP contribution in [-0.2, 0) is 14.9 Å². The minimum atomic E-state index is -4.67. The van der Waals surface area contributed by atoms with Crippen molar-refractivity contribution < 1.29 is 32.4 Å². The highest BCUT2D eigenvalue weighted by Crippen LogP contribution is 2.32. The second-order valence-electron chi connectivity index (χ2n) is 5.01. The van der Waals surface area contributed by atoms with Crippen molar-refractivity contribution in [1.82, 2.24) is 0 Å². The molecule has 2 N–H and O–H groups in total. The Morgan fingerprint density at radius 3 is 2.38 bits per heavy atom. The van der Waals surface area contributed by atoms with Gasteiger partial charge in [0, 0.05) is 5.57 Å². The average molecular weight is 346 g/mol. The lowest BCUT2D eigenvalue weighted by atomic mass is 10.1. The van der Waals surface area contributed by atoms with Gasteiger partial charge in [0.25, 0.3) is 10.1 Å². The highest BCUT2D eigenvalue weighted by Gasteiger charge is 2.23. The number of carbonyl (C=O) groups is 2. The van der Waals surface area contributed by atoms with Crippen LogP contribution < -0.4 is 0 Å². The zero-order valence-electron chi connectivity index (χ0n) is 12.0. The van der Waals surface area contributed by atoms with Crippen molar-refractivity contribution in [2.24, 2.45) is 0 Å². The second-order valence-corrected chi connectivity index (χ2v) is 6.43. The van der Waals surface area contributed by atoms with Crippen LogP contribution in [-0.4, -0.2) is 30.0 Å². The van der Waals surface area contributed by atoms with E-state index in [1.807, 2.05) is 6.08 Å². The molecule has 1 aromatic rings. The van der Waals surface area contributed by atoms with Gasteiger partial charge in [-0.3, -0.25) is 4.55 Å². The SMILES string of the molecule is O=C(O)c1cc(C(=O)OC2=CC=C3C=CC=C32)cc(S(=O)(=O)O)c1. The van der Waals surface area contributed by atoms with Gasteiger partial charge in [0.05, 0.1) is 16.0 Å². The van der Waals surface area contributed by atoms with E-state index in [9.17, 15) is 18.0 Å². The number of ether oxygens (including phenoxy) is 1. The topological polar surface area (TPSA) is 118 Å². The molecule has 8 heteroatoms. The Hall–Kier alpha value is -2.97. The fourth-order valence-electron chi connectivity index (χ4n) is 2.30. The lowest BCUT2D eigenvalue weighted by Gasteiger charge is -2.09. The van der Waals surface area contributed by atoms with E-state index in [1.165, 1.54) is 0 Å². The maximum Gasteiger partial charge on any atom is 0.343 e. The van der Waals surface area contributed by atoms with Crippen LogP contribution in [0.2, 0.25) is 0 Å². The van der Waals surface area contributed by atoms with Crippen molar-refractivity contribution >= 4 is 22.1 Å². The quantitative estimate of drug-likeness (QED) is 0.633. The van der Waals surface area contributed by atoms with Crippen LogP contribution in [0, 0.1) is 0 Å². The molecule has 7 nitrogen and oxygen atoms in total. The van der Waals surface area contributed by atoms with Gasteiger partial charge < -0.3 is 9.84 Å². The molecule has 0 heterocycles. The minimum Gasteiger partial charge on any atom is -0.478 e. The van der Waals surface area contributed by atoms with Gasteiger partial charge in [0.1, 0.15) is 5.76 Å². The van der Waals surface area contributed by atoms with Crippen LogP contribution in [0.1, 0.15) is 20.7 Å². The molecule has 0 radical (unpaired) electrons. The fraction of sp³-hybridized carbons (Fsp3) is 0. The molecule has 2 aliphatic rings. The fourth-order valence-corrected chi connectivity index (χ4v) is 2.85. The first-order chi connectivity index (χ1) is 11.3. The summed E-state index contributed by atoms with van der Waals surface area (Å²) in [5.74, 6) is -2.10.